The van der Waals surface area contributed by atoms with E-state index in [0.717, 1.165) is 24.2 Å². The van der Waals surface area contributed by atoms with Crippen LogP contribution in [0.5, 0.6) is 0 Å². The normalized spacial score (nSPS) is 29.4. The van der Waals surface area contributed by atoms with Crippen LogP contribution in [0.25, 0.3) is 0 Å². The number of hydrogen-bond acceptors (Lipinski definition) is 5. The zero-order chi connectivity index (χ0) is 16.5. The molecule has 0 unspecified atom stereocenters. The summed E-state index contributed by atoms with van der Waals surface area (Å²) in [6, 6.07) is -0.564. The lowest BCUT2D eigenvalue weighted by Crippen LogP contribution is -2.54. The summed E-state index contributed by atoms with van der Waals surface area (Å²) >= 11 is 0. The molecule has 2 aliphatic rings. The fourth-order valence-corrected chi connectivity index (χ4v) is 3.09. The number of rotatable bonds is 4. The third kappa shape index (κ3) is 2.84. The Labute approximate surface area is 129 Å². The third-order valence-electron chi connectivity index (χ3n) is 4.67. The van der Waals surface area contributed by atoms with Gasteiger partial charge in [-0.3, -0.25) is 19.3 Å². The molecule has 1 spiro atoms. The summed E-state index contributed by atoms with van der Waals surface area (Å²) in [6.45, 7) is 4.24. The van der Waals surface area contributed by atoms with Gasteiger partial charge in [-0.1, -0.05) is 19.8 Å². The van der Waals surface area contributed by atoms with Crippen molar-refractivity contribution in [2.75, 3.05) is 6.54 Å². The molecule has 0 aromatic heterocycles. The van der Waals surface area contributed by atoms with Crippen LogP contribution in [-0.4, -0.2) is 46.8 Å². The van der Waals surface area contributed by atoms with Crippen LogP contribution in [0.4, 0.5) is 4.79 Å². The lowest BCUT2D eigenvalue weighted by atomic mass is 9.73. The van der Waals surface area contributed by atoms with Gasteiger partial charge in [-0.2, -0.15) is 0 Å². The van der Waals surface area contributed by atoms with Crippen LogP contribution in [-0.2, 0) is 19.1 Å². The highest BCUT2D eigenvalue weighted by atomic mass is 16.5. The zero-order valence-corrected chi connectivity index (χ0v) is 13.2. The summed E-state index contributed by atoms with van der Waals surface area (Å²) in [7, 11) is 0. The topological polar surface area (TPSA) is 92.8 Å². The highest BCUT2D eigenvalue weighted by Crippen LogP contribution is 2.38. The molecule has 22 heavy (non-hydrogen) atoms. The number of nitrogens with zero attached hydrogens (tertiary/aromatic N) is 1. The molecule has 1 saturated carbocycles. The van der Waals surface area contributed by atoms with E-state index < -0.39 is 30.2 Å². The van der Waals surface area contributed by atoms with E-state index in [4.69, 9.17) is 4.74 Å². The van der Waals surface area contributed by atoms with Gasteiger partial charge in [0.05, 0.1) is 0 Å². The molecular weight excluding hydrogens is 288 g/mol. The monoisotopic (exact) mass is 310 g/mol. The Morgan fingerprint density at radius 1 is 1.41 bits per heavy atom. The minimum Gasteiger partial charge on any atom is -0.453 e. The number of hydrogen-bond donors (Lipinski definition) is 1. The Bertz CT molecular complexity index is 518. The van der Waals surface area contributed by atoms with Crippen LogP contribution >= 0.6 is 0 Å². The van der Waals surface area contributed by atoms with Gasteiger partial charge < -0.3 is 10.1 Å². The van der Waals surface area contributed by atoms with Gasteiger partial charge in [0, 0.05) is 0 Å². The average Bonchev–Trinajstić information content (AvgIpc) is 2.67. The van der Waals surface area contributed by atoms with E-state index in [1.807, 2.05) is 6.92 Å². The molecule has 1 N–H and O–H groups in total. The summed E-state index contributed by atoms with van der Waals surface area (Å²) in [5, 5.41) is 2.76. The summed E-state index contributed by atoms with van der Waals surface area (Å²) in [5.74, 6) is -1.37. The van der Waals surface area contributed by atoms with Crippen molar-refractivity contribution in [2.24, 2.45) is 5.92 Å². The lowest BCUT2D eigenvalue weighted by molar-refractivity contribution is -0.155. The minimum atomic E-state index is -0.887. The van der Waals surface area contributed by atoms with E-state index in [2.05, 4.69) is 5.32 Å². The van der Waals surface area contributed by atoms with Gasteiger partial charge in [0.2, 0.25) is 0 Å². The molecule has 122 valence electrons. The number of urea groups is 1. The highest BCUT2D eigenvalue weighted by Gasteiger charge is 2.55. The van der Waals surface area contributed by atoms with E-state index in [1.54, 1.807) is 0 Å². The van der Waals surface area contributed by atoms with Crippen molar-refractivity contribution < 1.29 is 23.9 Å². The number of ether oxygens (including phenoxy) is 1. The van der Waals surface area contributed by atoms with E-state index in [9.17, 15) is 19.2 Å². The minimum absolute atomic E-state index is 0.0369. The van der Waals surface area contributed by atoms with Crippen LogP contribution in [0.1, 0.15) is 46.5 Å². The summed E-state index contributed by atoms with van der Waals surface area (Å²) < 4.78 is 4.91. The maximum atomic E-state index is 12.6. The predicted molar refractivity (Wildman–Crippen MR) is 76.8 cm³/mol. The number of carbonyl (C=O) groups excluding carboxylic acids is 4. The van der Waals surface area contributed by atoms with Crippen molar-refractivity contribution in [3.63, 3.8) is 0 Å². The first kappa shape index (κ1) is 16.5. The van der Waals surface area contributed by atoms with Crippen molar-refractivity contribution in [2.45, 2.75) is 58.1 Å². The molecule has 0 aromatic carbocycles. The van der Waals surface area contributed by atoms with Crippen molar-refractivity contribution in [3.8, 4) is 0 Å². The van der Waals surface area contributed by atoms with Crippen LogP contribution in [0.3, 0.4) is 0 Å². The van der Waals surface area contributed by atoms with Crippen molar-refractivity contribution in [1.82, 2.24) is 10.2 Å². The number of amides is 3. The molecule has 1 saturated heterocycles. The Balaban J connectivity index is 2.06. The quantitative estimate of drug-likeness (QED) is 0.618. The average molecular weight is 310 g/mol. The molecule has 0 aromatic rings. The molecule has 1 aliphatic heterocycles. The van der Waals surface area contributed by atoms with Crippen molar-refractivity contribution in [1.29, 1.82) is 0 Å². The Hall–Kier alpha value is -1.92. The molecule has 7 nitrogen and oxygen atoms in total. The molecule has 0 bridgehead atoms. The molecule has 0 radical (unpaired) electrons. The number of carbonyl (C=O) groups is 4. The Morgan fingerprint density at radius 3 is 2.68 bits per heavy atom. The van der Waals surface area contributed by atoms with Gasteiger partial charge in [0.25, 0.3) is 5.91 Å². The van der Waals surface area contributed by atoms with E-state index >= 15 is 0 Å². The van der Waals surface area contributed by atoms with Crippen LogP contribution in [0.2, 0.25) is 0 Å². The second kappa shape index (κ2) is 6.06. The molecule has 2 rings (SSSR count). The second-order valence-electron chi connectivity index (χ2n) is 6.18. The number of imide groups is 1. The lowest BCUT2D eigenvalue weighted by Gasteiger charge is -2.36. The standard InChI is InChI=1S/C15H22N2O5/c1-9-6-4-5-7-15(9)13(20)17(14(21)16-15)8-12(19)22-11(3)10(2)18/h9,11H,4-8H2,1-3H3,(H,16,21)/t9-,11+,15-/m0/s1. The van der Waals surface area contributed by atoms with E-state index in [-0.39, 0.29) is 17.6 Å². The van der Waals surface area contributed by atoms with Gasteiger partial charge in [-0.15, -0.1) is 0 Å². The summed E-state index contributed by atoms with van der Waals surface area (Å²) in [6.07, 6.45) is 2.48. The molecule has 3 amide bonds. The fraction of sp³-hybridized carbons (Fsp3) is 0.733. The van der Waals surface area contributed by atoms with E-state index in [1.165, 1.54) is 13.8 Å². The summed E-state index contributed by atoms with van der Waals surface area (Å²) in [4.78, 5) is 48.5. The smallest absolute Gasteiger partial charge is 0.326 e. The van der Waals surface area contributed by atoms with Gasteiger partial charge in [-0.05, 0) is 32.6 Å². The first-order chi connectivity index (χ1) is 10.3. The number of esters is 1. The first-order valence-electron chi connectivity index (χ1n) is 7.62. The third-order valence-corrected chi connectivity index (χ3v) is 4.67. The molecule has 1 aliphatic carbocycles. The Kier molecular flexibility index (Phi) is 4.53. The van der Waals surface area contributed by atoms with Crippen LogP contribution in [0.15, 0.2) is 0 Å². The maximum Gasteiger partial charge on any atom is 0.326 e. The molecule has 2 fully saturated rings. The number of nitrogens with one attached hydrogen (secondary N) is 1. The second-order valence-corrected chi connectivity index (χ2v) is 6.18. The summed E-state index contributed by atoms with van der Waals surface area (Å²) in [5.41, 5.74) is -0.887. The van der Waals surface area contributed by atoms with Crippen LogP contribution < -0.4 is 5.32 Å². The highest BCUT2D eigenvalue weighted by molar-refractivity contribution is 6.09. The molecular formula is C15H22N2O5. The van der Waals surface area contributed by atoms with Gasteiger partial charge in [0.1, 0.15) is 12.1 Å². The van der Waals surface area contributed by atoms with Crippen molar-refractivity contribution in [3.05, 3.63) is 0 Å². The maximum absolute atomic E-state index is 12.6. The van der Waals surface area contributed by atoms with Gasteiger partial charge in [-0.25, -0.2) is 4.79 Å². The Morgan fingerprint density at radius 2 is 2.09 bits per heavy atom. The predicted octanol–water partition coefficient (Wildman–Crippen LogP) is 1.01. The number of ketones is 1. The fourth-order valence-electron chi connectivity index (χ4n) is 3.09. The first-order valence-corrected chi connectivity index (χ1v) is 7.62. The zero-order valence-electron chi connectivity index (χ0n) is 13.2. The number of Topliss-reactive ketones (excluding diaryl/α,β-unsaturated/α-hetero) is 1. The van der Waals surface area contributed by atoms with Gasteiger partial charge in [0.15, 0.2) is 11.9 Å². The van der Waals surface area contributed by atoms with Crippen molar-refractivity contribution >= 4 is 23.7 Å². The molecule has 3 atom stereocenters. The molecule has 1 heterocycles. The van der Waals surface area contributed by atoms with E-state index in [0.29, 0.717) is 6.42 Å². The largest absolute Gasteiger partial charge is 0.453 e. The SMILES string of the molecule is CC(=O)[C@@H](C)OC(=O)CN1C(=O)N[C@]2(CCCC[C@@H]2C)C1=O. The van der Waals surface area contributed by atoms with Crippen LogP contribution in [0, 0.1) is 5.92 Å². The van der Waals surface area contributed by atoms with Gasteiger partial charge >= 0.3 is 12.0 Å². The molecule has 7 heteroatoms.